The van der Waals surface area contributed by atoms with E-state index in [2.05, 4.69) is 5.32 Å². The molecule has 1 N–H and O–H groups in total. The lowest BCUT2D eigenvalue weighted by Gasteiger charge is -2.33. The molecule has 0 heterocycles. The molecule has 3 aromatic rings. The zero-order chi connectivity index (χ0) is 27.0. The molecule has 3 rings (SSSR count). The Morgan fingerprint density at radius 1 is 0.919 bits per heavy atom. The van der Waals surface area contributed by atoms with E-state index in [1.54, 1.807) is 74.5 Å². The molecule has 0 bridgehead atoms. The molecule has 1 atom stereocenters. The van der Waals surface area contributed by atoms with E-state index >= 15 is 0 Å². The van der Waals surface area contributed by atoms with Crippen molar-refractivity contribution in [3.05, 3.63) is 94.5 Å². The lowest BCUT2D eigenvalue weighted by molar-refractivity contribution is -0.140. The quantitative estimate of drug-likeness (QED) is 0.351. The normalized spacial score (nSPS) is 12.0. The molecule has 0 saturated carbocycles. The van der Waals surface area contributed by atoms with E-state index < -0.39 is 28.5 Å². The maximum Gasteiger partial charge on any atom is 0.264 e. The lowest BCUT2D eigenvalue weighted by Crippen LogP contribution is -2.52. The number of carbonyl (C=O) groups excluding carboxylic acids is 2. The van der Waals surface area contributed by atoms with Gasteiger partial charge in [0.15, 0.2) is 0 Å². The first kappa shape index (κ1) is 28.5. The van der Waals surface area contributed by atoms with Crippen LogP contribution >= 0.6 is 23.2 Å². The third-order valence-electron chi connectivity index (χ3n) is 5.74. The van der Waals surface area contributed by atoms with Crippen molar-refractivity contribution < 1.29 is 18.0 Å². The van der Waals surface area contributed by atoms with E-state index in [4.69, 9.17) is 23.2 Å². The molecular formula is C27H29Cl2N3O4S. The van der Waals surface area contributed by atoms with Gasteiger partial charge in [0.05, 0.1) is 10.6 Å². The zero-order valence-corrected chi connectivity index (χ0v) is 22.9. The Labute approximate surface area is 228 Å². The minimum Gasteiger partial charge on any atom is -0.355 e. The average Bonchev–Trinajstić information content (AvgIpc) is 2.88. The average molecular weight is 563 g/mol. The standard InChI is InChI=1S/C27H29Cl2N3O4S/c1-3-25(27(34)30-4-2)31(18-20-11-8-9-16-24(20)29)26(33)19-32(22-13-10-12-21(28)17-22)37(35,36)23-14-6-5-7-15-23/h5-17,25H,3-4,18-19H2,1-2H3,(H,30,34)/t25-/m0/s1. The monoisotopic (exact) mass is 561 g/mol. The largest absolute Gasteiger partial charge is 0.355 e. The van der Waals surface area contributed by atoms with Crippen molar-refractivity contribution in [2.24, 2.45) is 0 Å². The fourth-order valence-corrected chi connectivity index (χ4v) is 5.71. The summed E-state index contributed by atoms with van der Waals surface area (Å²) in [6, 6.07) is 20.3. The van der Waals surface area contributed by atoms with Crippen LogP contribution in [0.25, 0.3) is 0 Å². The number of hydrogen-bond acceptors (Lipinski definition) is 4. The van der Waals surface area contributed by atoms with E-state index in [1.807, 2.05) is 0 Å². The van der Waals surface area contributed by atoms with Gasteiger partial charge in [-0.15, -0.1) is 0 Å². The summed E-state index contributed by atoms with van der Waals surface area (Å²) in [5.74, 6) is -0.886. The molecule has 0 saturated heterocycles. The molecule has 0 fully saturated rings. The van der Waals surface area contributed by atoms with Gasteiger partial charge in [-0.05, 0) is 55.3 Å². The molecule has 196 valence electrons. The molecule has 0 spiro atoms. The van der Waals surface area contributed by atoms with Crippen LogP contribution in [0.15, 0.2) is 83.8 Å². The van der Waals surface area contributed by atoms with Gasteiger partial charge in [0.2, 0.25) is 11.8 Å². The minimum atomic E-state index is -4.14. The van der Waals surface area contributed by atoms with Gasteiger partial charge >= 0.3 is 0 Å². The fourth-order valence-electron chi connectivity index (χ4n) is 3.90. The van der Waals surface area contributed by atoms with Crippen LogP contribution in [-0.2, 0) is 26.2 Å². The Bertz CT molecular complexity index is 1340. The first-order valence-electron chi connectivity index (χ1n) is 11.8. The molecule has 0 aromatic heterocycles. The molecule has 0 aliphatic rings. The summed E-state index contributed by atoms with van der Waals surface area (Å²) in [5.41, 5.74) is 0.869. The summed E-state index contributed by atoms with van der Waals surface area (Å²) >= 11 is 12.5. The minimum absolute atomic E-state index is 0.0243. The molecule has 0 aliphatic heterocycles. The molecule has 10 heteroatoms. The number of nitrogens with zero attached hydrogens (tertiary/aromatic N) is 2. The van der Waals surface area contributed by atoms with E-state index in [0.717, 1.165) is 4.31 Å². The summed E-state index contributed by atoms with van der Waals surface area (Å²) in [7, 11) is -4.14. The van der Waals surface area contributed by atoms with Crippen LogP contribution < -0.4 is 9.62 Å². The highest BCUT2D eigenvalue weighted by Gasteiger charge is 2.33. The third kappa shape index (κ3) is 7.03. The molecule has 2 amide bonds. The van der Waals surface area contributed by atoms with Crippen LogP contribution in [0, 0.1) is 0 Å². The van der Waals surface area contributed by atoms with Crippen molar-refractivity contribution in [2.45, 2.75) is 37.8 Å². The van der Waals surface area contributed by atoms with Crippen LogP contribution in [0.1, 0.15) is 25.8 Å². The fraction of sp³-hybridized carbons (Fsp3) is 0.259. The van der Waals surface area contributed by atoms with Crippen molar-refractivity contribution in [3.63, 3.8) is 0 Å². The maximum atomic E-state index is 13.9. The number of hydrogen-bond donors (Lipinski definition) is 1. The number of anilines is 1. The summed E-state index contributed by atoms with van der Waals surface area (Å²) in [6.07, 6.45) is 0.324. The van der Waals surface area contributed by atoms with Crippen molar-refractivity contribution in [1.29, 1.82) is 0 Å². The van der Waals surface area contributed by atoms with Crippen molar-refractivity contribution in [2.75, 3.05) is 17.4 Å². The lowest BCUT2D eigenvalue weighted by atomic mass is 10.1. The molecule has 37 heavy (non-hydrogen) atoms. The molecule has 0 unspecified atom stereocenters. The van der Waals surface area contributed by atoms with Crippen molar-refractivity contribution in [3.8, 4) is 0 Å². The highest BCUT2D eigenvalue weighted by molar-refractivity contribution is 7.92. The number of carbonyl (C=O) groups is 2. The molecule has 0 aliphatic carbocycles. The summed E-state index contributed by atoms with van der Waals surface area (Å²) in [6.45, 7) is 3.46. The number of likely N-dealkylation sites (N-methyl/N-ethyl adjacent to an activating group) is 1. The zero-order valence-electron chi connectivity index (χ0n) is 20.6. The molecule has 7 nitrogen and oxygen atoms in total. The number of nitrogens with one attached hydrogen (secondary N) is 1. The Hall–Kier alpha value is -3.07. The van der Waals surface area contributed by atoms with Gasteiger partial charge in [0.1, 0.15) is 12.6 Å². The maximum absolute atomic E-state index is 13.9. The Morgan fingerprint density at radius 3 is 2.22 bits per heavy atom. The topological polar surface area (TPSA) is 86.8 Å². The Balaban J connectivity index is 2.06. The van der Waals surface area contributed by atoms with Crippen molar-refractivity contribution >= 4 is 50.7 Å². The van der Waals surface area contributed by atoms with E-state index in [0.29, 0.717) is 28.6 Å². The predicted molar refractivity (Wildman–Crippen MR) is 147 cm³/mol. The molecule has 0 radical (unpaired) electrons. The number of halogens is 2. The second-order valence-electron chi connectivity index (χ2n) is 8.24. The SMILES string of the molecule is CCNC(=O)[C@H](CC)N(Cc1ccccc1Cl)C(=O)CN(c1cccc(Cl)c1)S(=O)(=O)c1ccccc1. The van der Waals surface area contributed by atoms with Gasteiger partial charge in [-0.25, -0.2) is 8.42 Å². The third-order valence-corrected chi connectivity index (χ3v) is 8.13. The van der Waals surface area contributed by atoms with Gasteiger partial charge in [0.25, 0.3) is 10.0 Å². The summed E-state index contributed by atoms with van der Waals surface area (Å²) in [4.78, 5) is 28.2. The van der Waals surface area contributed by atoms with E-state index in [9.17, 15) is 18.0 Å². The van der Waals surface area contributed by atoms with E-state index in [-0.39, 0.29) is 23.0 Å². The number of amides is 2. The predicted octanol–water partition coefficient (Wildman–Crippen LogP) is 5.13. The molecule has 3 aromatic carbocycles. The highest BCUT2D eigenvalue weighted by atomic mass is 35.5. The molecular weight excluding hydrogens is 533 g/mol. The Morgan fingerprint density at radius 2 is 1.59 bits per heavy atom. The second kappa shape index (κ2) is 12.9. The van der Waals surface area contributed by atoms with Gasteiger partial charge in [0, 0.05) is 23.1 Å². The van der Waals surface area contributed by atoms with Gasteiger partial charge < -0.3 is 10.2 Å². The van der Waals surface area contributed by atoms with Crippen LogP contribution in [0.4, 0.5) is 5.69 Å². The van der Waals surface area contributed by atoms with Crippen LogP contribution in [0.3, 0.4) is 0 Å². The van der Waals surface area contributed by atoms with Gasteiger partial charge in [-0.3, -0.25) is 13.9 Å². The van der Waals surface area contributed by atoms with Crippen LogP contribution in [0.5, 0.6) is 0 Å². The van der Waals surface area contributed by atoms with Gasteiger partial charge in [-0.2, -0.15) is 0 Å². The summed E-state index contributed by atoms with van der Waals surface area (Å²) < 4.78 is 28.4. The van der Waals surface area contributed by atoms with Crippen LogP contribution in [0.2, 0.25) is 10.0 Å². The Kier molecular flexibility index (Phi) is 9.97. The highest BCUT2D eigenvalue weighted by Crippen LogP contribution is 2.27. The summed E-state index contributed by atoms with van der Waals surface area (Å²) in [5, 5.41) is 3.52. The van der Waals surface area contributed by atoms with Crippen LogP contribution in [-0.4, -0.2) is 44.3 Å². The number of rotatable bonds is 11. The van der Waals surface area contributed by atoms with Gasteiger partial charge in [-0.1, -0.05) is 72.6 Å². The smallest absolute Gasteiger partial charge is 0.264 e. The second-order valence-corrected chi connectivity index (χ2v) is 10.9. The first-order valence-corrected chi connectivity index (χ1v) is 14.0. The number of sulfonamides is 1. The van der Waals surface area contributed by atoms with E-state index in [1.165, 1.54) is 23.1 Å². The van der Waals surface area contributed by atoms with Crippen molar-refractivity contribution in [1.82, 2.24) is 10.2 Å². The number of benzene rings is 3. The first-order chi connectivity index (χ1) is 17.7.